The molecule has 0 aliphatic carbocycles. The summed E-state index contributed by atoms with van der Waals surface area (Å²) >= 11 is 0. The molecule has 36 heavy (non-hydrogen) atoms. The third kappa shape index (κ3) is 8.82. The number of unbranched alkanes of at least 4 members (excludes halogenated alkanes) is 1. The van der Waals surface area contributed by atoms with E-state index in [0.29, 0.717) is 19.4 Å². The van der Waals surface area contributed by atoms with Crippen molar-refractivity contribution >= 4 is 17.9 Å². The molecule has 204 valence electrons. The number of carbonyl (C=O) groups is 3. The van der Waals surface area contributed by atoms with Gasteiger partial charge in [0.2, 0.25) is 11.8 Å². The first-order valence-corrected chi connectivity index (χ1v) is 13.4. The Morgan fingerprint density at radius 2 is 1.64 bits per heavy atom. The number of amides is 3. The number of hydrogen-bond acceptors (Lipinski definition) is 4. The van der Waals surface area contributed by atoms with Gasteiger partial charge in [0.1, 0.15) is 17.7 Å². The lowest BCUT2D eigenvalue weighted by Gasteiger charge is -2.45. The van der Waals surface area contributed by atoms with Crippen LogP contribution in [0.1, 0.15) is 105 Å². The van der Waals surface area contributed by atoms with Crippen LogP contribution in [0, 0.1) is 12.8 Å². The van der Waals surface area contributed by atoms with Crippen LogP contribution >= 0.6 is 0 Å². The molecule has 0 aliphatic heterocycles. The fraction of sp³-hybridized carbons (Fsp3) is 0.690. The van der Waals surface area contributed by atoms with Crippen LogP contribution in [0.5, 0.6) is 0 Å². The molecule has 7 heteroatoms. The summed E-state index contributed by atoms with van der Waals surface area (Å²) in [6.07, 6.45) is 2.46. The second kappa shape index (κ2) is 13.7. The smallest absolute Gasteiger partial charge is 0.408 e. The SMILES string of the molecule is CCCCNC(=O)C(c1ccccc1C)N(C(=O)C(NC(=O)OC(C)(C)C)C(C)CC)C(C)(C)CC. The normalized spacial score (nSPS) is 14.4. The molecule has 1 aromatic rings. The van der Waals surface area contributed by atoms with Crippen molar-refractivity contribution in [3.05, 3.63) is 35.4 Å². The summed E-state index contributed by atoms with van der Waals surface area (Å²) in [5.41, 5.74) is 0.353. The summed E-state index contributed by atoms with van der Waals surface area (Å²) in [6.45, 7) is 19.8. The highest BCUT2D eigenvalue weighted by molar-refractivity contribution is 5.93. The Bertz CT molecular complexity index is 876. The number of ether oxygens (including phenoxy) is 1. The molecule has 0 bridgehead atoms. The van der Waals surface area contributed by atoms with E-state index in [2.05, 4.69) is 17.6 Å². The Hall–Kier alpha value is -2.57. The minimum atomic E-state index is -0.842. The van der Waals surface area contributed by atoms with Crippen LogP contribution in [-0.2, 0) is 14.3 Å². The lowest BCUT2D eigenvalue weighted by atomic mass is 9.88. The van der Waals surface area contributed by atoms with Gasteiger partial charge in [0.05, 0.1) is 0 Å². The molecule has 2 N–H and O–H groups in total. The minimum absolute atomic E-state index is 0.166. The van der Waals surface area contributed by atoms with Crippen LogP contribution in [0.25, 0.3) is 0 Å². The third-order valence-electron chi connectivity index (χ3n) is 6.73. The molecule has 0 aliphatic rings. The van der Waals surface area contributed by atoms with Crippen LogP contribution in [0.15, 0.2) is 24.3 Å². The molecule has 0 radical (unpaired) electrons. The molecule has 0 saturated carbocycles. The van der Waals surface area contributed by atoms with E-state index in [9.17, 15) is 14.4 Å². The fourth-order valence-corrected chi connectivity index (χ4v) is 3.99. The average molecular weight is 504 g/mol. The summed E-state index contributed by atoms with van der Waals surface area (Å²) < 4.78 is 5.48. The van der Waals surface area contributed by atoms with E-state index in [1.54, 1.807) is 25.7 Å². The van der Waals surface area contributed by atoms with Crippen molar-refractivity contribution in [3.63, 3.8) is 0 Å². The Morgan fingerprint density at radius 3 is 2.14 bits per heavy atom. The Labute approximate surface area is 218 Å². The van der Waals surface area contributed by atoms with Gasteiger partial charge in [-0.1, -0.05) is 64.8 Å². The van der Waals surface area contributed by atoms with Gasteiger partial charge in [-0.2, -0.15) is 0 Å². The molecule has 0 spiro atoms. The summed E-state index contributed by atoms with van der Waals surface area (Å²) in [4.78, 5) is 42.6. The second-order valence-electron chi connectivity index (χ2n) is 11.3. The maximum absolute atomic E-state index is 14.4. The van der Waals surface area contributed by atoms with Gasteiger partial charge in [0.25, 0.3) is 0 Å². The van der Waals surface area contributed by atoms with E-state index in [1.165, 1.54) is 0 Å². The molecule has 1 rings (SSSR count). The predicted octanol–water partition coefficient (Wildman–Crippen LogP) is 5.91. The molecule has 1 aromatic carbocycles. The standard InChI is InChI=1S/C29H49N3O4/c1-11-14-19-30-25(33)24(22-18-16-15-17-21(22)5)32(29(9,10)13-3)26(34)23(20(4)12-2)31-27(35)36-28(6,7)8/h15-18,20,23-24H,11-14,19H2,1-10H3,(H,30,33)(H,31,35). The molecular formula is C29H49N3O4. The number of nitrogens with zero attached hydrogens (tertiary/aromatic N) is 1. The van der Waals surface area contributed by atoms with Crippen molar-refractivity contribution in [1.82, 2.24) is 15.5 Å². The number of benzene rings is 1. The van der Waals surface area contributed by atoms with Crippen molar-refractivity contribution in [2.24, 2.45) is 5.92 Å². The average Bonchev–Trinajstić information content (AvgIpc) is 2.79. The lowest BCUT2D eigenvalue weighted by Crippen LogP contribution is -2.60. The largest absolute Gasteiger partial charge is 0.444 e. The van der Waals surface area contributed by atoms with Gasteiger partial charge in [-0.15, -0.1) is 0 Å². The van der Waals surface area contributed by atoms with Gasteiger partial charge < -0.3 is 20.3 Å². The van der Waals surface area contributed by atoms with Crippen molar-refractivity contribution in [1.29, 1.82) is 0 Å². The van der Waals surface area contributed by atoms with Gasteiger partial charge in [0.15, 0.2) is 0 Å². The number of aryl methyl sites for hydroxylation is 1. The maximum Gasteiger partial charge on any atom is 0.408 e. The number of alkyl carbamates (subject to hydrolysis) is 1. The van der Waals surface area contributed by atoms with E-state index in [-0.39, 0.29) is 17.7 Å². The molecule has 3 unspecified atom stereocenters. The minimum Gasteiger partial charge on any atom is -0.444 e. The van der Waals surface area contributed by atoms with Crippen LogP contribution in [0.3, 0.4) is 0 Å². The number of carbonyl (C=O) groups excluding carboxylic acids is 3. The van der Waals surface area contributed by atoms with Crippen molar-refractivity contribution in [3.8, 4) is 0 Å². The first-order chi connectivity index (χ1) is 16.7. The highest BCUT2D eigenvalue weighted by atomic mass is 16.6. The Morgan fingerprint density at radius 1 is 1.03 bits per heavy atom. The van der Waals surface area contributed by atoms with E-state index in [0.717, 1.165) is 24.0 Å². The predicted molar refractivity (Wildman–Crippen MR) is 146 cm³/mol. The van der Waals surface area contributed by atoms with Gasteiger partial charge in [0, 0.05) is 12.1 Å². The lowest BCUT2D eigenvalue weighted by molar-refractivity contribution is -0.150. The zero-order valence-electron chi connectivity index (χ0n) is 24.2. The second-order valence-corrected chi connectivity index (χ2v) is 11.3. The molecule has 0 heterocycles. The van der Waals surface area contributed by atoms with Crippen LogP contribution in [0.4, 0.5) is 4.79 Å². The molecule has 7 nitrogen and oxygen atoms in total. The van der Waals surface area contributed by atoms with Gasteiger partial charge >= 0.3 is 6.09 Å². The quantitative estimate of drug-likeness (QED) is 0.347. The third-order valence-corrected chi connectivity index (χ3v) is 6.73. The summed E-state index contributed by atoms with van der Waals surface area (Å²) in [5.74, 6) is -0.672. The first kappa shape index (κ1) is 31.5. The van der Waals surface area contributed by atoms with Gasteiger partial charge in [-0.05, 0) is 71.4 Å². The van der Waals surface area contributed by atoms with E-state index < -0.39 is 29.3 Å². The van der Waals surface area contributed by atoms with E-state index >= 15 is 0 Å². The monoisotopic (exact) mass is 503 g/mol. The van der Waals surface area contributed by atoms with Crippen molar-refractivity contribution < 1.29 is 19.1 Å². The van der Waals surface area contributed by atoms with Crippen LogP contribution in [-0.4, -0.2) is 46.5 Å². The number of hydrogen-bond donors (Lipinski definition) is 2. The molecule has 0 saturated heterocycles. The van der Waals surface area contributed by atoms with Crippen LogP contribution in [0.2, 0.25) is 0 Å². The number of nitrogens with one attached hydrogen (secondary N) is 2. The van der Waals surface area contributed by atoms with Crippen LogP contribution < -0.4 is 10.6 Å². The van der Waals surface area contributed by atoms with E-state index in [1.807, 2.05) is 65.8 Å². The number of rotatable bonds is 12. The highest BCUT2D eigenvalue weighted by Crippen LogP contribution is 2.34. The highest BCUT2D eigenvalue weighted by Gasteiger charge is 2.44. The maximum atomic E-state index is 14.4. The van der Waals surface area contributed by atoms with Crippen molar-refractivity contribution in [2.75, 3.05) is 6.54 Å². The summed E-state index contributed by atoms with van der Waals surface area (Å²) in [5, 5.41) is 5.88. The zero-order valence-corrected chi connectivity index (χ0v) is 24.2. The first-order valence-electron chi connectivity index (χ1n) is 13.4. The fourth-order valence-electron chi connectivity index (χ4n) is 3.99. The Balaban J connectivity index is 3.64. The summed E-state index contributed by atoms with van der Waals surface area (Å²) in [7, 11) is 0. The van der Waals surface area contributed by atoms with Gasteiger partial charge in [-0.25, -0.2) is 4.79 Å². The molecule has 0 fully saturated rings. The summed E-state index contributed by atoms with van der Waals surface area (Å²) in [6, 6.07) is 6.00. The Kier molecular flexibility index (Phi) is 11.9. The molecule has 0 aromatic heterocycles. The molecule has 3 amide bonds. The van der Waals surface area contributed by atoms with E-state index in [4.69, 9.17) is 4.74 Å². The topological polar surface area (TPSA) is 87.7 Å². The zero-order chi connectivity index (χ0) is 27.7. The van der Waals surface area contributed by atoms with Crippen molar-refractivity contribution in [2.45, 2.75) is 118 Å². The molecular weight excluding hydrogens is 454 g/mol. The molecule has 3 atom stereocenters. The van der Waals surface area contributed by atoms with Gasteiger partial charge in [-0.3, -0.25) is 9.59 Å².